The van der Waals surface area contributed by atoms with Gasteiger partial charge in [-0.05, 0) is 0 Å². The molecule has 0 amide bonds. The Morgan fingerprint density at radius 1 is 0.500 bits per heavy atom. The summed E-state index contributed by atoms with van der Waals surface area (Å²) in [6.45, 7) is 14.1. The predicted octanol–water partition coefficient (Wildman–Crippen LogP) is 6.07. The van der Waals surface area contributed by atoms with Crippen LogP contribution in [0.1, 0.15) is 114 Å². The van der Waals surface area contributed by atoms with Crippen molar-refractivity contribution in [3.05, 3.63) is 16.5 Å². The summed E-state index contributed by atoms with van der Waals surface area (Å²) < 4.78 is 0. The van der Waals surface area contributed by atoms with Crippen LogP contribution < -0.4 is 0 Å². The van der Waals surface area contributed by atoms with Gasteiger partial charge in [0.1, 0.15) is 0 Å². The summed E-state index contributed by atoms with van der Waals surface area (Å²) in [6, 6.07) is 0. The second kappa shape index (κ2) is 15.1. The summed E-state index contributed by atoms with van der Waals surface area (Å²) in [4.78, 5) is 0. The third-order valence-corrected chi connectivity index (χ3v) is 5.25. The summed E-state index contributed by atoms with van der Waals surface area (Å²) in [5.74, 6) is 0. The van der Waals surface area contributed by atoms with E-state index in [2.05, 4.69) is 41.0 Å². The predicted molar refractivity (Wildman–Crippen MR) is 114 cm³/mol. The van der Waals surface area contributed by atoms with Gasteiger partial charge in [-0.15, -0.1) is 0 Å². The second-order valence-electron chi connectivity index (χ2n) is 7.49. The minimum atomic E-state index is 1.30. The fraction of sp³-hybridized carbons (Fsp3) is 0.857. The Bertz CT molecular complexity index is 387. The number of unbranched alkanes of at least 4 members (excludes halogenated alkanes) is 9. The van der Waals surface area contributed by atoms with E-state index in [4.69, 9.17) is 0 Å². The third kappa shape index (κ3) is 9.33. The molecular weight excluding hydrogens is 285 g/mol. The molecule has 0 nitrogen and oxygen atoms in total. The second-order valence-corrected chi connectivity index (χ2v) is 7.49. The van der Waals surface area contributed by atoms with Gasteiger partial charge in [0.2, 0.25) is 0 Å². The SMILES string of the molecule is CCCCCCc1bbbc(CCCCCC)c1CCCCCC. The average molecular weight is 324 g/mol. The van der Waals surface area contributed by atoms with Gasteiger partial charge in [-0.25, -0.2) is 0 Å². The van der Waals surface area contributed by atoms with Crippen LogP contribution in [0.25, 0.3) is 0 Å². The molecule has 24 heavy (non-hydrogen) atoms. The molecule has 0 spiro atoms. The Kier molecular flexibility index (Phi) is 13.7. The zero-order valence-corrected chi connectivity index (χ0v) is 16.8. The van der Waals surface area contributed by atoms with E-state index in [1.807, 2.05) is 0 Å². The average Bonchev–Trinajstić information content (AvgIpc) is 2.60. The first-order chi connectivity index (χ1) is 11.8. The first-order valence-electron chi connectivity index (χ1n) is 10.9. The summed E-state index contributed by atoms with van der Waals surface area (Å²) in [6.07, 6.45) is 20.4. The van der Waals surface area contributed by atoms with E-state index < -0.39 is 0 Å². The van der Waals surface area contributed by atoms with Gasteiger partial charge in [0.15, 0.2) is 0 Å². The van der Waals surface area contributed by atoms with Crippen molar-refractivity contribution in [2.45, 2.75) is 117 Å². The van der Waals surface area contributed by atoms with Crippen LogP contribution in [-0.2, 0) is 19.3 Å². The van der Waals surface area contributed by atoms with Gasteiger partial charge in [0.05, 0.1) is 0 Å². The zero-order chi connectivity index (χ0) is 17.5. The molecule has 1 aromatic heterocycles. The standard InChI is InChI=1S/C21H39B3/c1-4-7-10-13-16-19-20(17-14-11-8-5-2)22-24-23-21(19)18-15-12-9-6-3/h4-18H2,1-3H3. The van der Waals surface area contributed by atoms with Crippen molar-refractivity contribution in [1.29, 1.82) is 0 Å². The summed E-state index contributed by atoms with van der Waals surface area (Å²) in [7, 11) is 0. The molecule has 0 aliphatic heterocycles. The van der Waals surface area contributed by atoms with Crippen molar-refractivity contribution < 1.29 is 0 Å². The van der Waals surface area contributed by atoms with Gasteiger partial charge in [-0.1, -0.05) is 0 Å². The zero-order valence-electron chi connectivity index (χ0n) is 16.8. The Morgan fingerprint density at radius 2 is 0.917 bits per heavy atom. The number of aryl methyl sites for hydroxylation is 2. The molecule has 0 saturated carbocycles. The molecule has 3 heteroatoms. The Hall–Kier alpha value is -0.195. The number of hydrogen-bond donors (Lipinski definition) is 0. The summed E-state index contributed by atoms with van der Waals surface area (Å²) in [5, 5.41) is 0. The van der Waals surface area contributed by atoms with Crippen molar-refractivity contribution in [2.24, 2.45) is 0 Å². The van der Waals surface area contributed by atoms with Gasteiger partial charge in [-0.3, -0.25) is 0 Å². The molecule has 0 bridgehead atoms. The van der Waals surface area contributed by atoms with Gasteiger partial charge in [0, 0.05) is 0 Å². The van der Waals surface area contributed by atoms with E-state index in [9.17, 15) is 0 Å². The van der Waals surface area contributed by atoms with Crippen LogP contribution in [0.5, 0.6) is 0 Å². The van der Waals surface area contributed by atoms with Crippen molar-refractivity contribution >= 4 is 20.3 Å². The molecule has 0 aliphatic rings. The van der Waals surface area contributed by atoms with Crippen LogP contribution in [0.3, 0.4) is 0 Å². The third-order valence-electron chi connectivity index (χ3n) is 5.25. The van der Waals surface area contributed by atoms with E-state index in [1.54, 1.807) is 16.5 Å². The Balaban J connectivity index is 2.67. The normalized spacial score (nSPS) is 10.6. The van der Waals surface area contributed by atoms with Crippen LogP contribution in [-0.4, -0.2) is 20.3 Å². The molecular formula is C21H39B3. The van der Waals surface area contributed by atoms with Crippen LogP contribution in [0.4, 0.5) is 0 Å². The van der Waals surface area contributed by atoms with E-state index in [0.29, 0.717) is 0 Å². The maximum absolute atomic E-state index is 2.41. The molecule has 0 saturated heterocycles. The van der Waals surface area contributed by atoms with Gasteiger partial charge in [0.25, 0.3) is 0 Å². The monoisotopic (exact) mass is 324 g/mol. The number of hydrogen-bond acceptors (Lipinski definition) is 0. The van der Waals surface area contributed by atoms with Crippen LogP contribution >= 0.6 is 0 Å². The molecule has 0 aromatic carbocycles. The minimum absolute atomic E-state index is 1.30. The fourth-order valence-electron chi connectivity index (χ4n) is 3.69. The van der Waals surface area contributed by atoms with Crippen molar-refractivity contribution in [2.75, 3.05) is 0 Å². The van der Waals surface area contributed by atoms with Gasteiger partial charge < -0.3 is 0 Å². The molecule has 0 N–H and O–H groups in total. The van der Waals surface area contributed by atoms with Gasteiger partial charge in [-0.2, -0.15) is 0 Å². The molecule has 0 atom stereocenters. The Morgan fingerprint density at radius 3 is 1.33 bits per heavy atom. The molecule has 132 valence electrons. The van der Waals surface area contributed by atoms with E-state index in [-0.39, 0.29) is 0 Å². The molecule has 0 aliphatic carbocycles. The van der Waals surface area contributed by atoms with Crippen molar-refractivity contribution in [3.8, 4) is 0 Å². The molecule has 0 fully saturated rings. The van der Waals surface area contributed by atoms with Crippen molar-refractivity contribution in [3.63, 3.8) is 0 Å². The van der Waals surface area contributed by atoms with E-state index in [1.165, 1.54) is 96.3 Å². The van der Waals surface area contributed by atoms with Crippen molar-refractivity contribution in [1.82, 2.24) is 0 Å². The maximum atomic E-state index is 2.41. The molecule has 1 aromatic rings. The molecule has 1 rings (SSSR count). The summed E-state index contributed by atoms with van der Waals surface area (Å²) in [5.41, 5.74) is 5.05. The van der Waals surface area contributed by atoms with Gasteiger partial charge >= 0.3 is 154 Å². The van der Waals surface area contributed by atoms with E-state index >= 15 is 0 Å². The first-order valence-corrected chi connectivity index (χ1v) is 10.9. The number of rotatable bonds is 15. The molecule has 1 heterocycles. The molecule has 0 unspecified atom stereocenters. The van der Waals surface area contributed by atoms with E-state index in [0.717, 1.165) is 0 Å². The van der Waals surface area contributed by atoms with Crippen LogP contribution in [0.15, 0.2) is 0 Å². The quantitative estimate of drug-likeness (QED) is 0.344. The fourth-order valence-corrected chi connectivity index (χ4v) is 3.69. The summed E-state index contributed by atoms with van der Waals surface area (Å²) >= 11 is 0. The van der Waals surface area contributed by atoms with Crippen LogP contribution in [0.2, 0.25) is 0 Å². The Labute approximate surface area is 154 Å². The first kappa shape index (κ1) is 21.8. The van der Waals surface area contributed by atoms with Crippen LogP contribution in [0, 0.1) is 0 Å². The topological polar surface area (TPSA) is 0 Å². The molecule has 0 radical (unpaired) electrons.